The van der Waals surface area contributed by atoms with Gasteiger partial charge in [0, 0.05) is 48.2 Å². The SMILES string of the molecule is Cc1nc(CSCCC(=O)N(C)Cc2c(C)nn(-c3ccccc3)c2C)cs1. The van der Waals surface area contributed by atoms with E-state index in [2.05, 4.69) is 22.4 Å². The first kappa shape index (κ1) is 20.6. The lowest BCUT2D eigenvalue weighted by Crippen LogP contribution is -2.27. The molecule has 0 radical (unpaired) electrons. The summed E-state index contributed by atoms with van der Waals surface area (Å²) < 4.78 is 1.95. The highest BCUT2D eigenvalue weighted by Gasteiger charge is 2.17. The van der Waals surface area contributed by atoms with Gasteiger partial charge in [0.1, 0.15) is 0 Å². The minimum absolute atomic E-state index is 0.160. The van der Waals surface area contributed by atoms with E-state index in [-0.39, 0.29) is 5.91 Å². The first-order valence-corrected chi connectivity index (χ1v) is 11.3. The number of rotatable bonds is 8. The normalized spacial score (nSPS) is 11.0. The summed E-state index contributed by atoms with van der Waals surface area (Å²) in [4.78, 5) is 18.8. The minimum Gasteiger partial charge on any atom is -0.341 e. The molecule has 1 amide bonds. The predicted octanol–water partition coefficient (Wildman–Crippen LogP) is 4.54. The Labute approximate surface area is 174 Å². The van der Waals surface area contributed by atoms with E-state index >= 15 is 0 Å². The number of hydrogen-bond donors (Lipinski definition) is 0. The zero-order valence-corrected chi connectivity index (χ0v) is 18.4. The van der Waals surface area contributed by atoms with Gasteiger partial charge in [0.25, 0.3) is 0 Å². The van der Waals surface area contributed by atoms with Gasteiger partial charge in [-0.3, -0.25) is 4.79 Å². The van der Waals surface area contributed by atoms with Gasteiger partial charge >= 0.3 is 0 Å². The third-order valence-corrected chi connectivity index (χ3v) is 6.45. The van der Waals surface area contributed by atoms with Crippen molar-refractivity contribution in [3.63, 3.8) is 0 Å². The molecule has 148 valence electrons. The van der Waals surface area contributed by atoms with Gasteiger partial charge in [0.05, 0.1) is 22.1 Å². The molecule has 7 heteroatoms. The van der Waals surface area contributed by atoms with E-state index in [0.717, 1.165) is 44.8 Å². The van der Waals surface area contributed by atoms with E-state index in [1.807, 2.05) is 55.9 Å². The molecule has 1 aromatic carbocycles. The minimum atomic E-state index is 0.160. The third kappa shape index (κ3) is 5.02. The van der Waals surface area contributed by atoms with Gasteiger partial charge < -0.3 is 4.90 Å². The number of carbonyl (C=O) groups is 1. The second kappa shape index (κ2) is 9.39. The van der Waals surface area contributed by atoms with E-state index in [9.17, 15) is 4.79 Å². The largest absolute Gasteiger partial charge is 0.341 e. The van der Waals surface area contributed by atoms with Gasteiger partial charge in [-0.15, -0.1) is 11.3 Å². The van der Waals surface area contributed by atoms with Crippen molar-refractivity contribution in [2.24, 2.45) is 0 Å². The molecular formula is C21H26N4OS2. The van der Waals surface area contributed by atoms with Crippen LogP contribution in [0.3, 0.4) is 0 Å². The highest BCUT2D eigenvalue weighted by atomic mass is 32.2. The van der Waals surface area contributed by atoms with E-state index in [0.29, 0.717) is 13.0 Å². The number of thiazole rings is 1. The van der Waals surface area contributed by atoms with Crippen LogP contribution in [-0.2, 0) is 17.1 Å². The molecule has 0 aliphatic heterocycles. The predicted molar refractivity (Wildman–Crippen MR) is 117 cm³/mol. The fraction of sp³-hybridized carbons (Fsp3) is 0.381. The molecule has 0 saturated heterocycles. The second-order valence-electron chi connectivity index (χ2n) is 6.81. The number of carbonyl (C=O) groups excluding carboxylic acids is 1. The number of aromatic nitrogens is 3. The standard InChI is InChI=1S/C21H26N4OS2/c1-15-20(16(2)25(23-15)19-8-6-5-7-9-19)12-24(4)21(26)10-11-27-13-18-14-28-17(3)22-18/h5-9,14H,10-13H2,1-4H3. The number of para-hydroxylation sites is 1. The number of nitrogens with zero attached hydrogens (tertiary/aromatic N) is 4. The molecule has 3 aromatic rings. The average Bonchev–Trinajstić information content (AvgIpc) is 3.23. The molecule has 0 aliphatic carbocycles. The van der Waals surface area contributed by atoms with Crippen LogP contribution in [0, 0.1) is 20.8 Å². The molecule has 0 aliphatic rings. The fourth-order valence-corrected chi connectivity index (χ4v) is 4.59. The summed E-state index contributed by atoms with van der Waals surface area (Å²) in [6, 6.07) is 10.1. The molecule has 2 heterocycles. The van der Waals surface area contributed by atoms with E-state index in [1.54, 1.807) is 28.0 Å². The summed E-state index contributed by atoms with van der Waals surface area (Å²) in [5, 5.41) is 7.85. The molecule has 0 fully saturated rings. The van der Waals surface area contributed by atoms with E-state index < -0.39 is 0 Å². The first-order valence-electron chi connectivity index (χ1n) is 9.29. The molecule has 5 nitrogen and oxygen atoms in total. The Morgan fingerprint density at radius 1 is 1.21 bits per heavy atom. The van der Waals surface area contributed by atoms with Gasteiger partial charge in [-0.1, -0.05) is 18.2 Å². The van der Waals surface area contributed by atoms with E-state index in [4.69, 9.17) is 0 Å². The smallest absolute Gasteiger partial charge is 0.223 e. The van der Waals surface area contributed by atoms with Gasteiger partial charge in [0.15, 0.2) is 0 Å². The molecule has 3 rings (SSSR count). The first-order chi connectivity index (χ1) is 13.5. The van der Waals surface area contributed by atoms with Crippen LogP contribution in [0.25, 0.3) is 5.69 Å². The Kier molecular flexibility index (Phi) is 6.91. The Bertz CT molecular complexity index is 933. The zero-order valence-electron chi connectivity index (χ0n) is 16.8. The number of benzene rings is 1. The maximum atomic E-state index is 12.5. The van der Waals surface area contributed by atoms with Crippen LogP contribution in [0.2, 0.25) is 0 Å². The number of hydrogen-bond acceptors (Lipinski definition) is 5. The van der Waals surface area contributed by atoms with Gasteiger partial charge in [-0.25, -0.2) is 9.67 Å². The van der Waals surface area contributed by atoms with Crippen LogP contribution < -0.4 is 0 Å². The summed E-state index contributed by atoms with van der Waals surface area (Å²) in [5.41, 5.74) is 5.31. The van der Waals surface area contributed by atoms with Crippen LogP contribution in [-0.4, -0.2) is 38.4 Å². The zero-order chi connectivity index (χ0) is 20.1. The number of amides is 1. The van der Waals surface area contributed by atoms with Crippen LogP contribution in [0.4, 0.5) is 0 Å². The molecule has 0 saturated carbocycles. The number of thioether (sulfide) groups is 1. The van der Waals surface area contributed by atoms with Crippen LogP contribution >= 0.6 is 23.1 Å². The Morgan fingerprint density at radius 3 is 2.64 bits per heavy atom. The monoisotopic (exact) mass is 414 g/mol. The van der Waals surface area contributed by atoms with Crippen molar-refractivity contribution in [3.8, 4) is 5.69 Å². The summed E-state index contributed by atoms with van der Waals surface area (Å²) in [7, 11) is 1.87. The molecule has 2 aromatic heterocycles. The molecule has 0 unspecified atom stereocenters. The highest BCUT2D eigenvalue weighted by molar-refractivity contribution is 7.98. The fourth-order valence-electron chi connectivity index (χ4n) is 3.05. The van der Waals surface area contributed by atoms with E-state index in [1.165, 1.54) is 0 Å². The molecule has 0 atom stereocenters. The lowest BCUT2D eigenvalue weighted by molar-refractivity contribution is -0.129. The van der Waals surface area contributed by atoms with Crippen LogP contribution in [0.15, 0.2) is 35.7 Å². The van der Waals surface area contributed by atoms with Crippen molar-refractivity contribution in [3.05, 3.63) is 63.4 Å². The van der Waals surface area contributed by atoms with Crippen molar-refractivity contribution in [1.29, 1.82) is 0 Å². The summed E-state index contributed by atoms with van der Waals surface area (Å²) in [6.45, 7) is 6.67. The number of aryl methyl sites for hydroxylation is 2. The Morgan fingerprint density at radius 2 is 1.96 bits per heavy atom. The third-order valence-electron chi connectivity index (χ3n) is 4.64. The second-order valence-corrected chi connectivity index (χ2v) is 8.97. The average molecular weight is 415 g/mol. The van der Waals surface area contributed by atoms with Crippen molar-refractivity contribution < 1.29 is 4.79 Å². The summed E-state index contributed by atoms with van der Waals surface area (Å²) in [5.74, 6) is 1.83. The highest BCUT2D eigenvalue weighted by Crippen LogP contribution is 2.20. The van der Waals surface area contributed by atoms with Crippen molar-refractivity contribution in [2.75, 3.05) is 12.8 Å². The maximum absolute atomic E-state index is 12.5. The van der Waals surface area contributed by atoms with Gasteiger partial charge in [0.2, 0.25) is 5.91 Å². The van der Waals surface area contributed by atoms with Crippen LogP contribution in [0.5, 0.6) is 0 Å². The maximum Gasteiger partial charge on any atom is 0.223 e. The Balaban J connectivity index is 1.54. The summed E-state index contributed by atoms with van der Waals surface area (Å²) >= 11 is 3.43. The van der Waals surface area contributed by atoms with Gasteiger partial charge in [-0.05, 0) is 32.9 Å². The molecule has 0 N–H and O–H groups in total. The summed E-state index contributed by atoms with van der Waals surface area (Å²) in [6.07, 6.45) is 0.537. The molecule has 28 heavy (non-hydrogen) atoms. The van der Waals surface area contributed by atoms with Crippen molar-refractivity contribution >= 4 is 29.0 Å². The van der Waals surface area contributed by atoms with Crippen molar-refractivity contribution in [1.82, 2.24) is 19.7 Å². The molecular weight excluding hydrogens is 388 g/mol. The quantitative estimate of drug-likeness (QED) is 0.508. The lowest BCUT2D eigenvalue weighted by Gasteiger charge is -2.17. The molecule has 0 spiro atoms. The van der Waals surface area contributed by atoms with Crippen molar-refractivity contribution in [2.45, 2.75) is 39.5 Å². The lowest BCUT2D eigenvalue weighted by atomic mass is 10.2. The topological polar surface area (TPSA) is 51.0 Å². The van der Waals surface area contributed by atoms with Gasteiger partial charge in [-0.2, -0.15) is 16.9 Å². The Hall–Kier alpha value is -2.12. The van der Waals surface area contributed by atoms with Crippen LogP contribution in [0.1, 0.15) is 34.1 Å². The molecule has 0 bridgehead atoms.